The van der Waals surface area contributed by atoms with Gasteiger partial charge in [-0.3, -0.25) is 0 Å². The maximum Gasteiger partial charge on any atom is 0.407 e. The molecular formula is C22H28IN3O3. The second kappa shape index (κ2) is 7.91. The van der Waals surface area contributed by atoms with Crippen LogP contribution in [-0.4, -0.2) is 27.3 Å². The number of hydrogen-bond acceptors (Lipinski definition) is 4. The topological polar surface area (TPSA) is 65.4 Å². The van der Waals surface area contributed by atoms with Crippen LogP contribution < -0.4 is 5.32 Å². The Labute approximate surface area is 185 Å². The Morgan fingerprint density at radius 2 is 1.97 bits per heavy atom. The van der Waals surface area contributed by atoms with Crippen LogP contribution in [0.1, 0.15) is 51.4 Å². The van der Waals surface area contributed by atoms with Gasteiger partial charge in [0.2, 0.25) is 0 Å². The molecule has 1 amide bonds. The molecule has 6 nitrogen and oxygen atoms in total. The van der Waals surface area contributed by atoms with Crippen molar-refractivity contribution in [1.29, 1.82) is 0 Å². The summed E-state index contributed by atoms with van der Waals surface area (Å²) in [6.45, 7) is 6.71. The molecule has 1 heterocycles. The number of benzene rings is 1. The normalized spacial score (nSPS) is 25.5. The summed E-state index contributed by atoms with van der Waals surface area (Å²) in [7, 11) is 0. The van der Waals surface area contributed by atoms with Gasteiger partial charge >= 0.3 is 6.09 Å². The lowest BCUT2D eigenvalue weighted by atomic mass is 9.76. The van der Waals surface area contributed by atoms with Crippen molar-refractivity contribution in [3.8, 4) is 0 Å². The number of nitrogens with one attached hydrogen (secondary N) is 1. The largest absolute Gasteiger partial charge is 0.444 e. The van der Waals surface area contributed by atoms with Gasteiger partial charge in [0.25, 0.3) is 0 Å². The third kappa shape index (κ3) is 4.60. The summed E-state index contributed by atoms with van der Waals surface area (Å²) >= 11 is 2.26. The number of rotatable bonds is 6. The second-order valence-corrected chi connectivity index (χ2v) is 10.3. The van der Waals surface area contributed by atoms with Crippen LogP contribution in [0, 0.1) is 9.62 Å². The van der Waals surface area contributed by atoms with Crippen molar-refractivity contribution in [2.75, 3.05) is 0 Å². The summed E-state index contributed by atoms with van der Waals surface area (Å²) < 4.78 is 14.7. The van der Waals surface area contributed by atoms with E-state index in [0.717, 1.165) is 34.4 Å². The maximum atomic E-state index is 12.2. The van der Waals surface area contributed by atoms with Gasteiger partial charge in [-0.05, 0) is 74.1 Å². The lowest BCUT2D eigenvalue weighted by Crippen LogP contribution is -2.41. The van der Waals surface area contributed by atoms with Gasteiger partial charge in [-0.25, -0.2) is 9.78 Å². The van der Waals surface area contributed by atoms with E-state index in [0.29, 0.717) is 19.1 Å². The molecule has 29 heavy (non-hydrogen) atoms. The number of carbonyl (C=O) groups excluding carboxylic acids is 1. The first-order valence-corrected chi connectivity index (χ1v) is 11.2. The van der Waals surface area contributed by atoms with Crippen molar-refractivity contribution in [2.45, 2.75) is 70.4 Å². The van der Waals surface area contributed by atoms with Crippen LogP contribution in [0.25, 0.3) is 0 Å². The summed E-state index contributed by atoms with van der Waals surface area (Å²) in [6, 6.07) is 10.3. The maximum absolute atomic E-state index is 12.2. The monoisotopic (exact) mass is 509 g/mol. The van der Waals surface area contributed by atoms with E-state index in [2.05, 4.69) is 50.8 Å². The Balaban J connectivity index is 1.39. The van der Waals surface area contributed by atoms with Crippen molar-refractivity contribution >= 4 is 28.7 Å². The number of fused-ring (bicyclic) bond motifs is 1. The molecule has 0 aliphatic heterocycles. The molecule has 2 aromatic rings. The van der Waals surface area contributed by atoms with Gasteiger partial charge in [-0.2, -0.15) is 0 Å². The number of ether oxygens (including phenoxy) is 2. The number of hydrogen-bond donors (Lipinski definition) is 1. The van der Waals surface area contributed by atoms with Gasteiger partial charge in [0.05, 0.1) is 6.61 Å². The Hall–Kier alpha value is -1.61. The summed E-state index contributed by atoms with van der Waals surface area (Å²) in [5, 5.41) is 3.08. The fraction of sp³-hybridized carbons (Fsp3) is 0.545. The lowest BCUT2D eigenvalue weighted by Gasteiger charge is -2.40. The van der Waals surface area contributed by atoms with Crippen LogP contribution in [0.2, 0.25) is 0 Å². The van der Waals surface area contributed by atoms with E-state index in [1.807, 2.05) is 39.0 Å². The smallest absolute Gasteiger partial charge is 0.407 e. The zero-order chi connectivity index (χ0) is 20.6. The number of amides is 1. The average molecular weight is 509 g/mol. The molecule has 1 aromatic heterocycles. The van der Waals surface area contributed by atoms with E-state index in [1.165, 1.54) is 0 Å². The molecule has 0 spiro atoms. The van der Waals surface area contributed by atoms with Crippen LogP contribution in [0.3, 0.4) is 0 Å². The minimum Gasteiger partial charge on any atom is -0.444 e. The summed E-state index contributed by atoms with van der Waals surface area (Å²) in [6.07, 6.45) is 4.83. The fourth-order valence-corrected chi connectivity index (χ4v) is 5.16. The summed E-state index contributed by atoms with van der Waals surface area (Å²) in [4.78, 5) is 16.9. The first-order chi connectivity index (χ1) is 13.7. The first-order valence-electron chi connectivity index (χ1n) is 10.1. The average Bonchev–Trinajstić information content (AvgIpc) is 3.24. The van der Waals surface area contributed by atoms with Crippen molar-refractivity contribution < 1.29 is 14.3 Å². The quantitative estimate of drug-likeness (QED) is 0.578. The van der Waals surface area contributed by atoms with Crippen LogP contribution in [0.5, 0.6) is 0 Å². The highest BCUT2D eigenvalue weighted by molar-refractivity contribution is 14.1. The SMILES string of the molecule is CC(C)(C)OC(=O)N[C@H]1CC2(n3cc(I)nc3COCc3ccccc3)CC1C2. The molecule has 0 unspecified atom stereocenters. The number of imidazole rings is 1. The highest BCUT2D eigenvalue weighted by Gasteiger charge is 2.58. The molecule has 2 bridgehead atoms. The van der Waals surface area contributed by atoms with Crippen LogP contribution in [-0.2, 0) is 28.2 Å². The van der Waals surface area contributed by atoms with Gasteiger partial charge in [0.1, 0.15) is 21.7 Å². The van der Waals surface area contributed by atoms with Crippen LogP contribution >= 0.6 is 22.6 Å². The third-order valence-corrected chi connectivity index (χ3v) is 6.28. The standard InChI is InChI=1S/C22H28IN3O3/c1-21(2,3)29-20(27)24-17-11-22(9-16(17)10-22)26-12-18(23)25-19(26)14-28-13-15-7-5-4-6-8-15/h4-8,12,16-17H,9-11,13-14H2,1-3H3,(H,24,27)/t16?,17-,22?/m0/s1. The fourth-order valence-electron chi connectivity index (χ4n) is 4.60. The zero-order valence-electron chi connectivity index (χ0n) is 17.2. The molecule has 0 saturated heterocycles. The van der Waals surface area contributed by atoms with Gasteiger partial charge in [0, 0.05) is 17.8 Å². The van der Waals surface area contributed by atoms with E-state index in [-0.39, 0.29) is 17.7 Å². The third-order valence-electron chi connectivity index (χ3n) is 5.76. The molecule has 0 radical (unpaired) electrons. The van der Waals surface area contributed by atoms with Crippen molar-refractivity contribution in [2.24, 2.45) is 5.92 Å². The number of carbonyl (C=O) groups is 1. The first kappa shape index (κ1) is 20.7. The van der Waals surface area contributed by atoms with Gasteiger partial charge in [0.15, 0.2) is 0 Å². The van der Waals surface area contributed by atoms with E-state index in [1.54, 1.807) is 0 Å². The van der Waals surface area contributed by atoms with Crippen molar-refractivity contribution in [3.05, 3.63) is 51.6 Å². The highest BCUT2D eigenvalue weighted by Crippen LogP contribution is 2.57. The van der Waals surface area contributed by atoms with Crippen molar-refractivity contribution in [3.63, 3.8) is 0 Å². The molecule has 7 heteroatoms. The summed E-state index contributed by atoms with van der Waals surface area (Å²) in [5.74, 6) is 1.46. The molecule has 1 atom stereocenters. The lowest BCUT2D eigenvalue weighted by molar-refractivity contribution is 0.0491. The molecule has 3 saturated carbocycles. The minimum absolute atomic E-state index is 0.0339. The number of nitrogens with zero attached hydrogens (tertiary/aromatic N) is 2. The molecule has 5 rings (SSSR count). The predicted molar refractivity (Wildman–Crippen MR) is 118 cm³/mol. The van der Waals surface area contributed by atoms with Gasteiger partial charge in [-0.1, -0.05) is 30.3 Å². The Kier molecular flexibility index (Phi) is 5.63. The molecule has 1 aromatic carbocycles. The summed E-state index contributed by atoms with van der Waals surface area (Å²) in [5.41, 5.74) is 0.712. The molecular weight excluding hydrogens is 481 g/mol. The Morgan fingerprint density at radius 1 is 1.24 bits per heavy atom. The number of aromatic nitrogens is 2. The van der Waals surface area contributed by atoms with Gasteiger partial charge in [-0.15, -0.1) is 0 Å². The highest BCUT2D eigenvalue weighted by atomic mass is 127. The molecule has 3 fully saturated rings. The van der Waals surface area contributed by atoms with Crippen LogP contribution in [0.15, 0.2) is 36.5 Å². The van der Waals surface area contributed by atoms with E-state index in [9.17, 15) is 4.79 Å². The van der Waals surface area contributed by atoms with Gasteiger partial charge < -0.3 is 19.4 Å². The molecule has 3 aliphatic rings. The molecule has 1 N–H and O–H groups in total. The van der Waals surface area contributed by atoms with Crippen LogP contribution in [0.4, 0.5) is 4.79 Å². The van der Waals surface area contributed by atoms with E-state index < -0.39 is 5.60 Å². The zero-order valence-corrected chi connectivity index (χ0v) is 19.3. The predicted octanol–water partition coefficient (Wildman–Crippen LogP) is 4.61. The number of alkyl carbamates (subject to hydrolysis) is 1. The van der Waals surface area contributed by atoms with E-state index in [4.69, 9.17) is 14.5 Å². The van der Waals surface area contributed by atoms with Crippen molar-refractivity contribution in [1.82, 2.24) is 14.9 Å². The number of halogens is 1. The van der Waals surface area contributed by atoms with E-state index >= 15 is 0 Å². The second-order valence-electron chi connectivity index (χ2n) is 9.18. The minimum atomic E-state index is -0.479. The Morgan fingerprint density at radius 3 is 2.66 bits per heavy atom. The Bertz CT molecular complexity index is 869. The molecule has 156 valence electrons. The molecule has 3 aliphatic carbocycles.